The molecule has 1 fully saturated rings. The van der Waals surface area contributed by atoms with E-state index >= 15 is 0 Å². The predicted octanol–water partition coefficient (Wildman–Crippen LogP) is 1.98. The summed E-state index contributed by atoms with van der Waals surface area (Å²) in [5, 5.41) is 4.52. The minimum atomic E-state index is -0.195. The second kappa shape index (κ2) is 5.81. The van der Waals surface area contributed by atoms with Crippen LogP contribution in [0.15, 0.2) is 18.5 Å². The first-order valence-electron chi connectivity index (χ1n) is 7.85. The monoisotopic (exact) mass is 332 g/mol. The summed E-state index contributed by atoms with van der Waals surface area (Å²) in [6, 6.07) is 1.84. The van der Waals surface area contributed by atoms with Gasteiger partial charge in [-0.15, -0.1) is 0 Å². The Kier molecular flexibility index (Phi) is 3.65. The molecule has 23 heavy (non-hydrogen) atoms. The van der Waals surface area contributed by atoms with Gasteiger partial charge in [-0.2, -0.15) is 5.10 Å². The lowest BCUT2D eigenvalue weighted by molar-refractivity contribution is 0.0976. The number of amides is 1. The number of hydrogen-bond donors (Lipinski definition) is 0. The Morgan fingerprint density at radius 1 is 1.13 bits per heavy atom. The number of carbonyl (C=O) groups excluding carboxylic acids is 1. The molecule has 1 saturated heterocycles. The fourth-order valence-corrected chi connectivity index (χ4v) is 3.30. The first-order chi connectivity index (χ1) is 11.2. The van der Waals surface area contributed by atoms with Crippen LogP contribution in [0, 0.1) is 0 Å². The summed E-state index contributed by atoms with van der Waals surface area (Å²) in [5.41, 5.74) is 0.262. The quantitative estimate of drug-likeness (QED) is 0.841. The number of aryl methyl sites for hydroxylation is 1. The second-order valence-electron chi connectivity index (χ2n) is 5.78. The lowest BCUT2D eigenvalue weighted by Crippen LogP contribution is -2.38. The predicted molar refractivity (Wildman–Crippen MR) is 87.0 cm³/mol. The summed E-state index contributed by atoms with van der Waals surface area (Å²) in [6.45, 7) is 3.31. The first-order valence-corrected chi connectivity index (χ1v) is 8.23. The summed E-state index contributed by atoms with van der Waals surface area (Å²) < 4.78 is 1.83. The normalized spacial score (nSPS) is 17.4. The highest BCUT2D eigenvalue weighted by Gasteiger charge is 2.28. The molecule has 0 spiro atoms. The molecule has 4 heterocycles. The number of halogens is 1. The van der Waals surface area contributed by atoms with Gasteiger partial charge >= 0.3 is 0 Å². The molecule has 1 amide bonds. The van der Waals surface area contributed by atoms with Crippen LogP contribution in [0.4, 0.5) is 11.8 Å². The van der Waals surface area contributed by atoms with Crippen LogP contribution in [0.3, 0.4) is 0 Å². The zero-order chi connectivity index (χ0) is 15.8. The van der Waals surface area contributed by atoms with Crippen molar-refractivity contribution < 1.29 is 4.79 Å². The van der Waals surface area contributed by atoms with Gasteiger partial charge in [-0.25, -0.2) is 14.6 Å². The summed E-state index contributed by atoms with van der Waals surface area (Å²) in [7, 11) is 0. The topological polar surface area (TPSA) is 67.2 Å². The van der Waals surface area contributed by atoms with Crippen LogP contribution in [0.5, 0.6) is 0 Å². The van der Waals surface area contributed by atoms with Crippen molar-refractivity contribution in [2.75, 3.05) is 29.4 Å². The van der Waals surface area contributed by atoms with Crippen LogP contribution in [0.25, 0.3) is 0 Å². The highest BCUT2D eigenvalue weighted by Crippen LogP contribution is 2.25. The van der Waals surface area contributed by atoms with E-state index in [9.17, 15) is 4.79 Å². The highest BCUT2D eigenvalue weighted by atomic mass is 35.5. The fourth-order valence-electron chi connectivity index (χ4n) is 3.13. The van der Waals surface area contributed by atoms with Crippen molar-refractivity contribution in [1.82, 2.24) is 19.7 Å². The Labute approximate surface area is 138 Å². The molecular weight excluding hydrogens is 316 g/mol. The molecule has 0 unspecified atom stereocenters. The molecule has 0 bridgehead atoms. The van der Waals surface area contributed by atoms with Crippen molar-refractivity contribution in [2.24, 2.45) is 0 Å². The Morgan fingerprint density at radius 3 is 2.78 bits per heavy atom. The van der Waals surface area contributed by atoms with Gasteiger partial charge in [0, 0.05) is 32.2 Å². The number of nitrogens with zero attached hydrogens (tertiary/aromatic N) is 6. The second-order valence-corrected chi connectivity index (χ2v) is 6.19. The van der Waals surface area contributed by atoms with Gasteiger partial charge < -0.3 is 4.90 Å². The number of aromatic nitrogens is 4. The maximum atomic E-state index is 12.9. The van der Waals surface area contributed by atoms with E-state index in [4.69, 9.17) is 11.6 Å². The SMILES string of the molecule is O=C(c1nc(N2CCCC2)ncc1Cl)N1CCCn2nccc21. The lowest BCUT2D eigenvalue weighted by Gasteiger charge is -2.27. The first kappa shape index (κ1) is 14.4. The molecule has 2 aliphatic rings. The Balaban J connectivity index is 1.67. The van der Waals surface area contributed by atoms with Crippen LogP contribution < -0.4 is 9.80 Å². The van der Waals surface area contributed by atoms with Gasteiger partial charge in [0.05, 0.1) is 17.4 Å². The molecule has 2 aromatic heterocycles. The number of fused-ring (bicyclic) bond motifs is 1. The molecule has 0 N–H and O–H groups in total. The molecule has 0 radical (unpaired) electrons. The number of hydrogen-bond acceptors (Lipinski definition) is 5. The van der Waals surface area contributed by atoms with Crippen LogP contribution in [-0.4, -0.2) is 45.3 Å². The van der Waals surface area contributed by atoms with Crippen molar-refractivity contribution in [2.45, 2.75) is 25.8 Å². The Bertz CT molecular complexity index is 739. The van der Waals surface area contributed by atoms with E-state index in [1.54, 1.807) is 11.1 Å². The van der Waals surface area contributed by atoms with E-state index in [2.05, 4.69) is 20.0 Å². The van der Waals surface area contributed by atoms with Gasteiger partial charge in [0.1, 0.15) is 5.82 Å². The molecule has 8 heteroatoms. The third-order valence-electron chi connectivity index (χ3n) is 4.29. The third kappa shape index (κ3) is 2.55. The van der Waals surface area contributed by atoms with Crippen LogP contribution in [-0.2, 0) is 6.54 Å². The Hall–Kier alpha value is -2.15. The van der Waals surface area contributed by atoms with Gasteiger partial charge in [-0.1, -0.05) is 11.6 Å². The molecule has 0 aromatic carbocycles. The maximum absolute atomic E-state index is 12.9. The maximum Gasteiger partial charge on any atom is 0.279 e. The average Bonchev–Trinajstić information content (AvgIpc) is 3.25. The largest absolute Gasteiger partial charge is 0.341 e. The van der Waals surface area contributed by atoms with E-state index in [0.717, 1.165) is 44.7 Å². The summed E-state index contributed by atoms with van der Waals surface area (Å²) in [4.78, 5) is 25.4. The van der Waals surface area contributed by atoms with Gasteiger partial charge in [0.15, 0.2) is 5.69 Å². The van der Waals surface area contributed by atoms with Crippen molar-refractivity contribution in [3.8, 4) is 0 Å². The van der Waals surface area contributed by atoms with E-state index in [0.29, 0.717) is 12.5 Å². The minimum absolute atomic E-state index is 0.195. The highest BCUT2D eigenvalue weighted by molar-refractivity contribution is 6.34. The van der Waals surface area contributed by atoms with Gasteiger partial charge in [0.2, 0.25) is 5.95 Å². The molecule has 120 valence electrons. The van der Waals surface area contributed by atoms with Gasteiger partial charge in [-0.3, -0.25) is 9.69 Å². The molecule has 4 rings (SSSR count). The van der Waals surface area contributed by atoms with E-state index < -0.39 is 0 Å². The smallest absolute Gasteiger partial charge is 0.279 e. The summed E-state index contributed by atoms with van der Waals surface area (Å²) in [6.07, 6.45) is 6.35. The average molecular weight is 333 g/mol. The third-order valence-corrected chi connectivity index (χ3v) is 4.57. The van der Waals surface area contributed by atoms with Crippen molar-refractivity contribution in [1.29, 1.82) is 0 Å². The molecule has 0 atom stereocenters. The Morgan fingerprint density at radius 2 is 1.96 bits per heavy atom. The minimum Gasteiger partial charge on any atom is -0.341 e. The number of anilines is 2. The van der Waals surface area contributed by atoms with E-state index in [1.807, 2.05) is 10.7 Å². The van der Waals surface area contributed by atoms with Crippen molar-refractivity contribution in [3.63, 3.8) is 0 Å². The van der Waals surface area contributed by atoms with Gasteiger partial charge in [0.25, 0.3) is 5.91 Å². The summed E-state index contributed by atoms with van der Waals surface area (Å²) >= 11 is 6.20. The fraction of sp³-hybridized carbons (Fsp3) is 0.467. The van der Waals surface area contributed by atoms with E-state index in [-0.39, 0.29) is 16.6 Å². The number of rotatable bonds is 2. The van der Waals surface area contributed by atoms with Crippen molar-refractivity contribution >= 4 is 29.3 Å². The van der Waals surface area contributed by atoms with Gasteiger partial charge in [-0.05, 0) is 19.3 Å². The van der Waals surface area contributed by atoms with Crippen LogP contribution in [0.1, 0.15) is 29.8 Å². The van der Waals surface area contributed by atoms with Crippen LogP contribution >= 0.6 is 11.6 Å². The zero-order valence-corrected chi connectivity index (χ0v) is 13.4. The molecular formula is C15H17ClN6O. The summed E-state index contributed by atoms with van der Waals surface area (Å²) in [5.74, 6) is 1.18. The molecule has 2 aliphatic heterocycles. The van der Waals surface area contributed by atoms with Crippen molar-refractivity contribution in [3.05, 3.63) is 29.2 Å². The van der Waals surface area contributed by atoms with E-state index in [1.165, 1.54) is 6.20 Å². The molecule has 0 aliphatic carbocycles. The molecule has 2 aromatic rings. The van der Waals surface area contributed by atoms with Crippen LogP contribution in [0.2, 0.25) is 5.02 Å². The number of carbonyl (C=O) groups is 1. The molecule has 0 saturated carbocycles. The lowest BCUT2D eigenvalue weighted by atomic mass is 10.2. The standard InChI is InChI=1S/C15H17ClN6O/c16-11-10-17-15(20-6-1-2-7-20)19-13(11)14(23)21-8-3-9-22-12(21)4-5-18-22/h4-5,10H,1-3,6-9H2. The zero-order valence-electron chi connectivity index (χ0n) is 12.7. The molecule has 7 nitrogen and oxygen atoms in total.